The summed E-state index contributed by atoms with van der Waals surface area (Å²) in [5.74, 6) is -0.813. The van der Waals surface area contributed by atoms with Gasteiger partial charge < -0.3 is 4.74 Å². The van der Waals surface area contributed by atoms with Crippen molar-refractivity contribution in [2.24, 2.45) is 0 Å². The van der Waals surface area contributed by atoms with E-state index in [0.29, 0.717) is 6.61 Å². The van der Waals surface area contributed by atoms with Gasteiger partial charge in [-0.2, -0.15) is 0 Å². The van der Waals surface area contributed by atoms with Crippen LogP contribution in [0.1, 0.15) is 24.8 Å². The topological polar surface area (TPSA) is 72.5 Å². The fraction of sp³-hybridized carbons (Fsp3) is 0.400. The van der Waals surface area contributed by atoms with Gasteiger partial charge in [-0.15, -0.1) is 0 Å². The Balaban J connectivity index is 1.87. The molecule has 21 heavy (non-hydrogen) atoms. The van der Waals surface area contributed by atoms with E-state index in [1.54, 1.807) is 6.08 Å². The highest BCUT2D eigenvalue weighted by Gasteiger charge is 2.22. The van der Waals surface area contributed by atoms with Crippen molar-refractivity contribution < 1.29 is 17.9 Å². The summed E-state index contributed by atoms with van der Waals surface area (Å²) in [7, 11) is -3.66. The van der Waals surface area contributed by atoms with E-state index in [9.17, 15) is 13.2 Å². The average Bonchev–Trinajstić information content (AvgIpc) is 2.46. The van der Waals surface area contributed by atoms with Gasteiger partial charge in [0.05, 0.1) is 11.9 Å². The van der Waals surface area contributed by atoms with Crippen molar-refractivity contribution in [1.82, 2.24) is 4.72 Å². The number of hydrogen-bond donors (Lipinski definition) is 1. The minimum Gasteiger partial charge on any atom is -0.377 e. The van der Waals surface area contributed by atoms with Gasteiger partial charge in [0, 0.05) is 12.7 Å². The summed E-state index contributed by atoms with van der Waals surface area (Å²) in [6.07, 6.45) is 5.11. The molecule has 0 saturated carbocycles. The van der Waals surface area contributed by atoms with Gasteiger partial charge in [0.25, 0.3) is 5.91 Å². The molecule has 1 saturated heterocycles. The van der Waals surface area contributed by atoms with Crippen LogP contribution in [0, 0.1) is 0 Å². The number of carbonyl (C=O) groups excluding carboxylic acids is 1. The van der Waals surface area contributed by atoms with E-state index in [2.05, 4.69) is 0 Å². The Morgan fingerprint density at radius 1 is 1.29 bits per heavy atom. The fourth-order valence-electron chi connectivity index (χ4n) is 2.15. The van der Waals surface area contributed by atoms with Crippen LogP contribution in [0.3, 0.4) is 0 Å². The Morgan fingerprint density at radius 3 is 2.71 bits per heavy atom. The van der Waals surface area contributed by atoms with Gasteiger partial charge in [-0.1, -0.05) is 30.3 Å². The maximum absolute atomic E-state index is 11.9. The van der Waals surface area contributed by atoms with Crippen LogP contribution >= 0.6 is 0 Å². The van der Waals surface area contributed by atoms with Crippen LogP contribution in [0.5, 0.6) is 0 Å². The number of ether oxygens (including phenoxy) is 1. The quantitative estimate of drug-likeness (QED) is 0.841. The molecule has 0 aliphatic carbocycles. The summed E-state index contributed by atoms with van der Waals surface area (Å²) in [4.78, 5) is 11.7. The molecular formula is C15H19NO4S. The van der Waals surface area contributed by atoms with E-state index in [0.717, 1.165) is 24.8 Å². The van der Waals surface area contributed by atoms with Gasteiger partial charge in [0.2, 0.25) is 10.0 Å². The molecular weight excluding hydrogens is 290 g/mol. The van der Waals surface area contributed by atoms with E-state index in [1.165, 1.54) is 6.08 Å². The highest BCUT2D eigenvalue weighted by atomic mass is 32.2. The molecule has 1 N–H and O–H groups in total. The van der Waals surface area contributed by atoms with Crippen molar-refractivity contribution in [3.8, 4) is 0 Å². The van der Waals surface area contributed by atoms with Crippen LogP contribution in [-0.2, 0) is 19.6 Å². The second-order valence-corrected chi connectivity index (χ2v) is 6.75. The number of amides is 1. The first-order chi connectivity index (χ1) is 10.1. The fourth-order valence-corrected chi connectivity index (χ4v) is 3.36. The Labute approximate surface area is 125 Å². The molecule has 114 valence electrons. The molecule has 1 aliphatic rings. The average molecular weight is 309 g/mol. The van der Waals surface area contributed by atoms with Crippen LogP contribution in [-0.4, -0.2) is 32.8 Å². The second kappa shape index (κ2) is 7.38. The molecule has 0 aromatic heterocycles. The first-order valence-electron chi connectivity index (χ1n) is 6.94. The molecule has 5 nitrogen and oxygen atoms in total. The minimum absolute atomic E-state index is 0.169. The maximum atomic E-state index is 11.9. The molecule has 1 unspecified atom stereocenters. The molecule has 1 aliphatic heterocycles. The Hall–Kier alpha value is -1.66. The second-order valence-electron chi connectivity index (χ2n) is 4.98. The zero-order valence-electron chi connectivity index (χ0n) is 11.7. The summed E-state index contributed by atoms with van der Waals surface area (Å²) in [5, 5.41) is 0. The predicted octanol–water partition coefficient (Wildman–Crippen LogP) is 1.71. The number of sulfonamides is 1. The predicted molar refractivity (Wildman–Crippen MR) is 81.0 cm³/mol. The van der Waals surface area contributed by atoms with Crippen molar-refractivity contribution in [3.63, 3.8) is 0 Å². The molecule has 1 heterocycles. The van der Waals surface area contributed by atoms with Crippen LogP contribution in [0.15, 0.2) is 36.4 Å². The molecule has 0 bridgehead atoms. The molecule has 0 spiro atoms. The minimum atomic E-state index is -3.66. The maximum Gasteiger partial charge on any atom is 0.257 e. The van der Waals surface area contributed by atoms with E-state index < -0.39 is 15.9 Å². The van der Waals surface area contributed by atoms with Crippen LogP contribution in [0.25, 0.3) is 6.08 Å². The van der Waals surface area contributed by atoms with Gasteiger partial charge in [0.15, 0.2) is 0 Å². The number of carbonyl (C=O) groups is 1. The molecule has 2 rings (SSSR count). The molecule has 1 fully saturated rings. The first kappa shape index (κ1) is 15.7. The Morgan fingerprint density at radius 2 is 2.05 bits per heavy atom. The Bertz CT molecular complexity index is 589. The molecule has 1 aromatic rings. The summed E-state index contributed by atoms with van der Waals surface area (Å²) >= 11 is 0. The zero-order chi connectivity index (χ0) is 15.1. The van der Waals surface area contributed by atoms with Crippen molar-refractivity contribution in [3.05, 3.63) is 42.0 Å². The van der Waals surface area contributed by atoms with Crippen LogP contribution < -0.4 is 4.72 Å². The third-order valence-electron chi connectivity index (χ3n) is 3.16. The molecule has 1 atom stereocenters. The third kappa shape index (κ3) is 5.69. The summed E-state index contributed by atoms with van der Waals surface area (Å²) < 4.78 is 31.2. The van der Waals surface area contributed by atoms with E-state index in [-0.39, 0.29) is 11.9 Å². The van der Waals surface area contributed by atoms with E-state index in [1.807, 2.05) is 35.1 Å². The van der Waals surface area contributed by atoms with Gasteiger partial charge in [-0.3, -0.25) is 4.79 Å². The molecule has 1 amide bonds. The lowest BCUT2D eigenvalue weighted by Gasteiger charge is -2.22. The van der Waals surface area contributed by atoms with Gasteiger partial charge in [-0.25, -0.2) is 13.1 Å². The lowest BCUT2D eigenvalue weighted by molar-refractivity contribution is -0.114. The molecule has 6 heteroatoms. The number of nitrogens with one attached hydrogen (secondary N) is 1. The number of hydrogen-bond acceptors (Lipinski definition) is 4. The Kier molecular flexibility index (Phi) is 5.52. The van der Waals surface area contributed by atoms with E-state index in [4.69, 9.17) is 4.74 Å². The number of rotatable bonds is 5. The zero-order valence-corrected chi connectivity index (χ0v) is 12.5. The number of benzene rings is 1. The summed E-state index contributed by atoms with van der Waals surface area (Å²) in [6.45, 7) is 0.585. The molecule has 1 aromatic carbocycles. The summed E-state index contributed by atoms with van der Waals surface area (Å²) in [5.41, 5.74) is 0.834. The third-order valence-corrected chi connectivity index (χ3v) is 4.48. The van der Waals surface area contributed by atoms with Crippen molar-refractivity contribution in [2.75, 3.05) is 12.4 Å². The normalized spacial score (nSPS) is 19.5. The SMILES string of the molecule is O=C(C=Cc1ccccc1)NS(=O)(=O)CC1CCCCO1. The van der Waals surface area contributed by atoms with Crippen molar-refractivity contribution in [1.29, 1.82) is 0 Å². The van der Waals surface area contributed by atoms with Crippen molar-refractivity contribution in [2.45, 2.75) is 25.4 Å². The van der Waals surface area contributed by atoms with E-state index >= 15 is 0 Å². The standard InChI is InChI=1S/C15H19NO4S/c17-15(10-9-13-6-2-1-3-7-13)16-21(18,19)12-14-8-4-5-11-20-14/h1-3,6-7,9-10,14H,4-5,8,11-12H2,(H,16,17). The molecule has 0 radical (unpaired) electrons. The van der Waals surface area contributed by atoms with Gasteiger partial charge in [0.1, 0.15) is 0 Å². The van der Waals surface area contributed by atoms with Crippen molar-refractivity contribution >= 4 is 22.0 Å². The highest BCUT2D eigenvalue weighted by molar-refractivity contribution is 7.90. The van der Waals surface area contributed by atoms with Gasteiger partial charge in [-0.05, 0) is 30.9 Å². The lowest BCUT2D eigenvalue weighted by Crippen LogP contribution is -2.37. The largest absolute Gasteiger partial charge is 0.377 e. The monoisotopic (exact) mass is 309 g/mol. The first-order valence-corrected chi connectivity index (χ1v) is 8.59. The lowest BCUT2D eigenvalue weighted by atomic mass is 10.1. The van der Waals surface area contributed by atoms with Crippen LogP contribution in [0.4, 0.5) is 0 Å². The smallest absolute Gasteiger partial charge is 0.257 e. The van der Waals surface area contributed by atoms with Crippen LogP contribution in [0.2, 0.25) is 0 Å². The highest BCUT2D eigenvalue weighted by Crippen LogP contribution is 2.14. The van der Waals surface area contributed by atoms with Gasteiger partial charge >= 0.3 is 0 Å². The summed E-state index contributed by atoms with van der Waals surface area (Å²) in [6, 6.07) is 9.21.